The first kappa shape index (κ1) is 15.8. The predicted octanol–water partition coefficient (Wildman–Crippen LogP) is 6.16. The molecule has 1 saturated carbocycles. The number of rotatable bonds is 1. The fraction of sp³-hybridized carbons (Fsp3) is 0.476. The summed E-state index contributed by atoms with van der Waals surface area (Å²) in [6.45, 7) is 8.01. The second-order valence-electron chi connectivity index (χ2n) is 9.05. The molecule has 3 aromatic rings. The molecule has 1 aliphatic carbocycles. The van der Waals surface area contributed by atoms with E-state index < -0.39 is 0 Å². The minimum atomic E-state index is 0.254. The van der Waals surface area contributed by atoms with Crippen LogP contribution in [0.2, 0.25) is 0 Å². The van der Waals surface area contributed by atoms with Crippen molar-refractivity contribution in [3.63, 3.8) is 0 Å². The number of likely N-dealkylation sites (tertiary alicyclic amines) is 1. The molecular formula is C21H23NOS2. The van der Waals surface area contributed by atoms with Gasteiger partial charge in [-0.05, 0) is 42.2 Å². The molecule has 2 atom stereocenters. The molecule has 5 rings (SSSR count). The van der Waals surface area contributed by atoms with E-state index in [0.29, 0.717) is 16.9 Å². The lowest BCUT2D eigenvalue weighted by Gasteiger charge is -2.39. The summed E-state index contributed by atoms with van der Waals surface area (Å²) in [5, 5.41) is 1.29. The van der Waals surface area contributed by atoms with Gasteiger partial charge in [0.25, 0.3) is 5.91 Å². The van der Waals surface area contributed by atoms with Gasteiger partial charge < -0.3 is 4.90 Å². The normalized spacial score (nSPS) is 28.1. The van der Waals surface area contributed by atoms with Crippen LogP contribution in [0.4, 0.5) is 0 Å². The van der Waals surface area contributed by atoms with E-state index in [9.17, 15) is 4.79 Å². The van der Waals surface area contributed by atoms with Crippen LogP contribution >= 0.6 is 22.7 Å². The van der Waals surface area contributed by atoms with Crippen molar-refractivity contribution < 1.29 is 4.79 Å². The summed E-state index contributed by atoms with van der Waals surface area (Å²) in [5.74, 6) is 0.254. The molecule has 2 aliphatic rings. The average Bonchev–Trinajstić information content (AvgIpc) is 3.14. The van der Waals surface area contributed by atoms with Crippen molar-refractivity contribution in [1.29, 1.82) is 0 Å². The van der Waals surface area contributed by atoms with Gasteiger partial charge in [-0.2, -0.15) is 0 Å². The third-order valence-corrected chi connectivity index (χ3v) is 8.34. The zero-order chi connectivity index (χ0) is 17.4. The first-order valence-electron chi connectivity index (χ1n) is 9.06. The monoisotopic (exact) mass is 369 g/mol. The average molecular weight is 370 g/mol. The summed E-state index contributed by atoms with van der Waals surface area (Å²) < 4.78 is 3.84. The zero-order valence-corrected chi connectivity index (χ0v) is 16.6. The molecular weight excluding hydrogens is 346 g/mol. The minimum absolute atomic E-state index is 0.254. The van der Waals surface area contributed by atoms with Crippen molar-refractivity contribution in [2.45, 2.75) is 46.1 Å². The van der Waals surface area contributed by atoms with Gasteiger partial charge in [0.05, 0.1) is 9.58 Å². The van der Waals surface area contributed by atoms with E-state index >= 15 is 0 Å². The number of nitrogens with zero attached hydrogens (tertiary/aromatic N) is 1. The summed E-state index contributed by atoms with van der Waals surface area (Å²) >= 11 is 3.48. The molecule has 3 heterocycles. The summed E-state index contributed by atoms with van der Waals surface area (Å²) in [4.78, 5) is 16.4. The predicted molar refractivity (Wildman–Crippen MR) is 108 cm³/mol. The van der Waals surface area contributed by atoms with Crippen LogP contribution in [0.25, 0.3) is 19.5 Å². The SMILES string of the molecule is CC1(C)C[C@@H]2C[C@@](C)(CN2C(=O)c2cc3sc4ccccc4c3s2)C1. The second kappa shape index (κ2) is 5.08. The number of amides is 1. The Morgan fingerprint density at radius 2 is 1.92 bits per heavy atom. The summed E-state index contributed by atoms with van der Waals surface area (Å²) in [6.07, 6.45) is 3.53. The Kier molecular flexibility index (Phi) is 3.21. The van der Waals surface area contributed by atoms with Gasteiger partial charge in [-0.15, -0.1) is 22.7 Å². The number of thiophene rings is 2. The van der Waals surface area contributed by atoms with Crippen molar-refractivity contribution >= 4 is 48.1 Å². The van der Waals surface area contributed by atoms with E-state index in [4.69, 9.17) is 0 Å². The molecule has 0 spiro atoms. The van der Waals surface area contributed by atoms with E-state index in [-0.39, 0.29) is 5.91 Å². The van der Waals surface area contributed by atoms with Gasteiger partial charge in [0.15, 0.2) is 0 Å². The van der Waals surface area contributed by atoms with E-state index in [2.05, 4.69) is 56.0 Å². The largest absolute Gasteiger partial charge is 0.334 e. The molecule has 130 valence electrons. The fourth-order valence-electron chi connectivity index (χ4n) is 5.44. The van der Waals surface area contributed by atoms with Crippen LogP contribution in [0.15, 0.2) is 30.3 Å². The molecule has 1 saturated heterocycles. The van der Waals surface area contributed by atoms with Crippen LogP contribution in [-0.4, -0.2) is 23.4 Å². The van der Waals surface area contributed by atoms with E-state index in [1.807, 2.05) is 0 Å². The lowest BCUT2D eigenvalue weighted by Crippen LogP contribution is -2.37. The quantitative estimate of drug-likeness (QED) is 0.503. The molecule has 2 bridgehead atoms. The first-order chi connectivity index (χ1) is 11.8. The number of fused-ring (bicyclic) bond motifs is 5. The Labute approximate surface area is 156 Å². The van der Waals surface area contributed by atoms with E-state index in [0.717, 1.165) is 17.8 Å². The standard InChI is InChI=1S/C21H23NOS2/c1-20(2)9-13-10-21(3,11-20)12-22(13)19(23)17-8-16-18(25-17)14-6-4-5-7-15(14)24-16/h4-8,13H,9-12H2,1-3H3/t13-,21-/m1/s1. The van der Waals surface area contributed by atoms with Gasteiger partial charge in [0.1, 0.15) is 0 Å². The molecule has 1 aliphatic heterocycles. The van der Waals surface area contributed by atoms with Crippen LogP contribution in [0.1, 0.15) is 49.7 Å². The molecule has 2 aromatic heterocycles. The highest BCUT2D eigenvalue weighted by atomic mass is 32.1. The lowest BCUT2D eigenvalue weighted by molar-refractivity contribution is 0.0713. The van der Waals surface area contributed by atoms with Gasteiger partial charge in [0, 0.05) is 27.4 Å². The molecule has 2 fully saturated rings. The maximum atomic E-state index is 13.3. The van der Waals surface area contributed by atoms with E-state index in [1.54, 1.807) is 22.7 Å². The molecule has 4 heteroatoms. The first-order valence-corrected chi connectivity index (χ1v) is 10.7. The highest BCUT2D eigenvalue weighted by Gasteiger charge is 2.51. The third-order valence-electron chi connectivity index (χ3n) is 5.94. The number of carbonyl (C=O) groups excluding carboxylic acids is 1. The Morgan fingerprint density at radius 3 is 2.76 bits per heavy atom. The zero-order valence-electron chi connectivity index (χ0n) is 15.0. The smallest absolute Gasteiger partial charge is 0.264 e. The molecule has 0 radical (unpaired) electrons. The molecule has 1 aromatic carbocycles. The van der Waals surface area contributed by atoms with Gasteiger partial charge in [0.2, 0.25) is 0 Å². The molecule has 25 heavy (non-hydrogen) atoms. The molecule has 0 unspecified atom stereocenters. The van der Waals surface area contributed by atoms with Gasteiger partial charge in [-0.25, -0.2) is 0 Å². The highest BCUT2D eigenvalue weighted by molar-refractivity contribution is 7.33. The summed E-state index contributed by atoms with van der Waals surface area (Å²) in [6, 6.07) is 11.1. The number of benzene rings is 1. The molecule has 2 nitrogen and oxygen atoms in total. The Bertz CT molecular complexity index is 998. The minimum Gasteiger partial charge on any atom is -0.334 e. The van der Waals surface area contributed by atoms with Crippen LogP contribution in [0, 0.1) is 10.8 Å². The number of hydrogen-bond acceptors (Lipinski definition) is 3. The Hall–Kier alpha value is -1.39. The fourth-order valence-corrected chi connectivity index (χ4v) is 7.92. The maximum absolute atomic E-state index is 13.3. The van der Waals surface area contributed by atoms with Crippen molar-refractivity contribution in [2.75, 3.05) is 6.54 Å². The number of hydrogen-bond donors (Lipinski definition) is 0. The van der Waals surface area contributed by atoms with Crippen molar-refractivity contribution in [2.24, 2.45) is 10.8 Å². The topological polar surface area (TPSA) is 20.3 Å². The van der Waals surface area contributed by atoms with Crippen LogP contribution in [0.5, 0.6) is 0 Å². The maximum Gasteiger partial charge on any atom is 0.264 e. The van der Waals surface area contributed by atoms with Crippen LogP contribution < -0.4 is 0 Å². The van der Waals surface area contributed by atoms with E-state index in [1.165, 1.54) is 32.3 Å². The summed E-state index contributed by atoms with van der Waals surface area (Å²) in [7, 11) is 0. The number of carbonyl (C=O) groups is 1. The summed E-state index contributed by atoms with van der Waals surface area (Å²) in [5.41, 5.74) is 0.641. The second-order valence-corrected chi connectivity index (χ2v) is 11.2. The Morgan fingerprint density at radius 1 is 1.12 bits per heavy atom. The van der Waals surface area contributed by atoms with Gasteiger partial charge in [-0.3, -0.25) is 4.79 Å². The highest BCUT2D eigenvalue weighted by Crippen LogP contribution is 2.53. The van der Waals surface area contributed by atoms with Gasteiger partial charge in [-0.1, -0.05) is 39.0 Å². The van der Waals surface area contributed by atoms with Crippen molar-refractivity contribution in [3.05, 3.63) is 35.2 Å². The lowest BCUT2D eigenvalue weighted by atomic mass is 9.65. The van der Waals surface area contributed by atoms with Crippen LogP contribution in [0.3, 0.4) is 0 Å². The van der Waals surface area contributed by atoms with Crippen LogP contribution in [-0.2, 0) is 0 Å². The third kappa shape index (κ3) is 2.45. The van der Waals surface area contributed by atoms with Crippen molar-refractivity contribution in [1.82, 2.24) is 4.90 Å². The Balaban J connectivity index is 1.51. The molecule has 1 amide bonds. The van der Waals surface area contributed by atoms with Gasteiger partial charge >= 0.3 is 0 Å². The molecule has 0 N–H and O–H groups in total. The van der Waals surface area contributed by atoms with Crippen molar-refractivity contribution in [3.8, 4) is 0 Å².